The summed E-state index contributed by atoms with van der Waals surface area (Å²) in [5, 5.41) is 0.839. The number of amides is 1. The van der Waals surface area contributed by atoms with Gasteiger partial charge in [0, 0.05) is 5.56 Å². The minimum absolute atomic E-state index is 0.141. The largest absolute Gasteiger partial charge is 0.494 e. The van der Waals surface area contributed by atoms with Crippen molar-refractivity contribution < 1.29 is 14.4 Å². The van der Waals surface area contributed by atoms with Crippen LogP contribution in [0.5, 0.6) is 5.75 Å². The van der Waals surface area contributed by atoms with E-state index in [1.807, 2.05) is 37.3 Å². The minimum Gasteiger partial charge on any atom is -0.494 e. The van der Waals surface area contributed by atoms with Crippen molar-refractivity contribution in [3.05, 3.63) is 70.6 Å². The standard InChI is InChI=1S/C23H25N3O2S/c1-2-28-20-10-8-18(9-11-20)16-21-22(27)24-23(29-21)26-14-12-25(13-15-26)17-19-6-4-3-5-7-19/h3-11,16H,2,12-15,17H2,1H3/p+1/b21-16-. The van der Waals surface area contributed by atoms with Crippen LogP contribution in [-0.4, -0.2) is 48.8 Å². The van der Waals surface area contributed by atoms with Crippen molar-refractivity contribution in [3.63, 3.8) is 0 Å². The fraction of sp³-hybridized carbons (Fsp3) is 0.304. The lowest BCUT2D eigenvalue weighted by molar-refractivity contribution is -0.917. The van der Waals surface area contributed by atoms with Crippen molar-refractivity contribution in [2.24, 2.45) is 4.99 Å². The van der Waals surface area contributed by atoms with E-state index in [0.717, 1.165) is 49.2 Å². The molecule has 2 heterocycles. The Morgan fingerprint density at radius 3 is 2.52 bits per heavy atom. The zero-order chi connectivity index (χ0) is 20.1. The van der Waals surface area contributed by atoms with Gasteiger partial charge in [-0.15, -0.1) is 0 Å². The van der Waals surface area contributed by atoms with Crippen LogP contribution in [0, 0.1) is 0 Å². The maximum absolute atomic E-state index is 12.4. The van der Waals surface area contributed by atoms with Crippen LogP contribution >= 0.6 is 11.8 Å². The van der Waals surface area contributed by atoms with Gasteiger partial charge in [-0.2, -0.15) is 4.99 Å². The van der Waals surface area contributed by atoms with Gasteiger partial charge in [0.2, 0.25) is 0 Å². The Morgan fingerprint density at radius 1 is 1.10 bits per heavy atom. The summed E-state index contributed by atoms with van der Waals surface area (Å²) in [4.78, 5) is 21.2. The second-order valence-electron chi connectivity index (χ2n) is 7.21. The van der Waals surface area contributed by atoms with Crippen molar-refractivity contribution in [2.45, 2.75) is 13.5 Å². The number of piperazine rings is 1. The summed E-state index contributed by atoms with van der Waals surface area (Å²) >= 11 is 1.49. The van der Waals surface area contributed by atoms with Gasteiger partial charge in [-0.25, -0.2) is 0 Å². The normalized spacial score (nSPS) is 18.9. The SMILES string of the molecule is CCOc1ccc(/C=C2\SC(N3CC[NH+](Cc4ccccc4)CC3)=NC2=O)cc1. The van der Waals surface area contributed by atoms with E-state index in [2.05, 4.69) is 40.2 Å². The average molecular weight is 409 g/mol. The van der Waals surface area contributed by atoms with Gasteiger partial charge in [-0.3, -0.25) is 4.79 Å². The molecule has 0 aromatic heterocycles. The van der Waals surface area contributed by atoms with Crippen LogP contribution in [0.25, 0.3) is 6.08 Å². The Labute approximate surface area is 176 Å². The van der Waals surface area contributed by atoms with Crippen LogP contribution < -0.4 is 9.64 Å². The van der Waals surface area contributed by atoms with Crippen molar-refractivity contribution in [3.8, 4) is 5.75 Å². The molecule has 2 aromatic carbocycles. The molecule has 0 saturated carbocycles. The summed E-state index contributed by atoms with van der Waals surface area (Å²) in [7, 11) is 0. The summed E-state index contributed by atoms with van der Waals surface area (Å²) < 4.78 is 5.47. The van der Waals surface area contributed by atoms with E-state index in [-0.39, 0.29) is 5.91 Å². The molecule has 0 atom stereocenters. The lowest BCUT2D eigenvalue weighted by atomic mass is 10.2. The number of carbonyl (C=O) groups excluding carboxylic acids is 1. The molecule has 1 N–H and O–H groups in total. The zero-order valence-electron chi connectivity index (χ0n) is 16.6. The van der Waals surface area contributed by atoms with Gasteiger partial charge >= 0.3 is 0 Å². The third-order valence-electron chi connectivity index (χ3n) is 5.14. The highest BCUT2D eigenvalue weighted by molar-refractivity contribution is 8.18. The lowest BCUT2D eigenvalue weighted by Crippen LogP contribution is -3.13. The van der Waals surface area contributed by atoms with Gasteiger partial charge in [0.1, 0.15) is 12.3 Å². The molecule has 0 bridgehead atoms. The topological polar surface area (TPSA) is 46.3 Å². The highest BCUT2D eigenvalue weighted by Crippen LogP contribution is 2.30. The average Bonchev–Trinajstić information content (AvgIpc) is 3.11. The van der Waals surface area contributed by atoms with Crippen LogP contribution in [0.2, 0.25) is 0 Å². The first-order valence-corrected chi connectivity index (χ1v) is 10.9. The van der Waals surface area contributed by atoms with Crippen LogP contribution in [0.4, 0.5) is 0 Å². The van der Waals surface area contributed by atoms with Crippen LogP contribution in [0.1, 0.15) is 18.1 Å². The molecular weight excluding hydrogens is 382 g/mol. The summed E-state index contributed by atoms with van der Waals surface area (Å²) in [5.74, 6) is 0.700. The number of amidine groups is 1. The Hall–Kier alpha value is -2.57. The Bertz CT molecular complexity index is 901. The first kappa shape index (κ1) is 19.7. The fourth-order valence-corrected chi connectivity index (χ4v) is 4.55. The number of ether oxygens (including phenoxy) is 1. The third-order valence-corrected chi connectivity index (χ3v) is 6.18. The molecular formula is C23H26N3O2S+. The molecule has 0 spiro atoms. The van der Waals surface area contributed by atoms with Gasteiger partial charge in [-0.05, 0) is 42.5 Å². The predicted molar refractivity (Wildman–Crippen MR) is 118 cm³/mol. The molecule has 1 saturated heterocycles. The molecule has 0 aliphatic carbocycles. The number of nitrogens with zero attached hydrogens (tertiary/aromatic N) is 2. The molecule has 2 aliphatic heterocycles. The third kappa shape index (κ3) is 5.08. The summed E-state index contributed by atoms with van der Waals surface area (Å²) in [6.45, 7) is 7.63. The number of hydrogen-bond acceptors (Lipinski definition) is 4. The molecule has 0 unspecified atom stereocenters. The molecule has 5 nitrogen and oxygen atoms in total. The summed E-state index contributed by atoms with van der Waals surface area (Å²) in [5.41, 5.74) is 2.36. The van der Waals surface area contributed by atoms with E-state index < -0.39 is 0 Å². The van der Waals surface area contributed by atoms with Crippen LogP contribution in [0.3, 0.4) is 0 Å². The number of carbonyl (C=O) groups is 1. The van der Waals surface area contributed by atoms with Gasteiger partial charge in [-0.1, -0.05) is 42.5 Å². The smallest absolute Gasteiger partial charge is 0.286 e. The number of thioether (sulfide) groups is 1. The van der Waals surface area contributed by atoms with Crippen molar-refractivity contribution in [1.29, 1.82) is 0 Å². The zero-order valence-corrected chi connectivity index (χ0v) is 17.5. The number of rotatable bonds is 5. The lowest BCUT2D eigenvalue weighted by Gasteiger charge is -2.32. The molecule has 6 heteroatoms. The van der Waals surface area contributed by atoms with Crippen LogP contribution in [-0.2, 0) is 11.3 Å². The molecule has 2 aliphatic rings. The highest BCUT2D eigenvalue weighted by atomic mass is 32.2. The number of quaternary nitrogens is 1. The molecule has 1 fully saturated rings. The number of benzene rings is 2. The number of nitrogens with one attached hydrogen (secondary N) is 1. The van der Waals surface area contributed by atoms with E-state index in [0.29, 0.717) is 11.5 Å². The molecule has 2 aromatic rings. The van der Waals surface area contributed by atoms with Crippen molar-refractivity contribution >= 4 is 28.9 Å². The number of aliphatic imine (C=N–C) groups is 1. The van der Waals surface area contributed by atoms with Gasteiger partial charge in [0.25, 0.3) is 5.91 Å². The Kier molecular flexibility index (Phi) is 6.32. The fourth-order valence-electron chi connectivity index (χ4n) is 3.59. The highest BCUT2D eigenvalue weighted by Gasteiger charge is 2.29. The molecule has 150 valence electrons. The maximum Gasteiger partial charge on any atom is 0.286 e. The molecule has 29 heavy (non-hydrogen) atoms. The quantitative estimate of drug-likeness (QED) is 0.772. The monoisotopic (exact) mass is 408 g/mol. The summed E-state index contributed by atoms with van der Waals surface area (Å²) in [6.07, 6.45) is 1.91. The molecule has 4 rings (SSSR count). The predicted octanol–water partition coefficient (Wildman–Crippen LogP) is 2.46. The molecule has 0 radical (unpaired) electrons. The van der Waals surface area contributed by atoms with Gasteiger partial charge in [0.05, 0.1) is 37.7 Å². The van der Waals surface area contributed by atoms with Gasteiger partial charge < -0.3 is 14.5 Å². The van der Waals surface area contributed by atoms with E-state index in [1.54, 1.807) is 4.90 Å². The molecule has 1 amide bonds. The number of hydrogen-bond donors (Lipinski definition) is 1. The second-order valence-corrected chi connectivity index (χ2v) is 8.22. The van der Waals surface area contributed by atoms with Crippen molar-refractivity contribution in [1.82, 2.24) is 4.90 Å². The van der Waals surface area contributed by atoms with E-state index in [4.69, 9.17) is 4.74 Å². The minimum atomic E-state index is -0.141. The maximum atomic E-state index is 12.4. The second kappa shape index (κ2) is 9.29. The van der Waals surface area contributed by atoms with E-state index >= 15 is 0 Å². The van der Waals surface area contributed by atoms with Gasteiger partial charge in [0.15, 0.2) is 5.17 Å². The van der Waals surface area contributed by atoms with E-state index in [9.17, 15) is 4.79 Å². The van der Waals surface area contributed by atoms with Crippen molar-refractivity contribution in [2.75, 3.05) is 32.8 Å². The Balaban J connectivity index is 1.33. The first-order valence-electron chi connectivity index (χ1n) is 10.1. The first-order chi connectivity index (χ1) is 14.2. The van der Waals surface area contributed by atoms with E-state index in [1.165, 1.54) is 17.3 Å². The van der Waals surface area contributed by atoms with Crippen LogP contribution in [0.15, 0.2) is 64.5 Å². The summed E-state index contributed by atoms with van der Waals surface area (Å²) in [6, 6.07) is 18.4. The Morgan fingerprint density at radius 2 is 1.83 bits per heavy atom.